The first-order valence-corrected chi connectivity index (χ1v) is 38.7. The lowest BCUT2D eigenvalue weighted by molar-refractivity contribution is 0.660. The van der Waals surface area contributed by atoms with E-state index in [1.807, 2.05) is 0 Å². The molecule has 0 fully saturated rings. The van der Waals surface area contributed by atoms with Crippen molar-refractivity contribution in [3.05, 3.63) is 411 Å². The largest absolute Gasteiger partial charge is 0.0622 e. The molecule has 0 N–H and O–H groups in total. The van der Waals surface area contributed by atoms with Gasteiger partial charge >= 0.3 is 0 Å². The van der Waals surface area contributed by atoms with Crippen LogP contribution in [0.2, 0.25) is 0 Å². The highest BCUT2D eigenvalue weighted by atomic mass is 14.4. The molecule has 0 nitrogen and oxygen atoms in total. The van der Waals surface area contributed by atoms with E-state index in [9.17, 15) is 0 Å². The molecule has 0 aromatic heterocycles. The van der Waals surface area contributed by atoms with Crippen LogP contribution in [0.5, 0.6) is 0 Å². The molecule has 0 heterocycles. The standard InChI is InChI=1S/C66H42.C44H34/c1-5-21-43(22-6-1)63-53-31-15-13-29-49(53)51-39-37-47(41-59(51)65(63)45-25-9-3-10-26-45)61-55-33-17-19-35-57(55)62(58-36-20-18-34-56(58)61)48-38-40-52-50-30-14-16-32-54(50)64(44-23-7-2-8-24-44)66(60(52)42-48)46-27-11-4-12-28-46;1-43(2)37-19-11-9-13-29(37)31-23-21-27(25-39(31)43)41-33-15-5-7-17-35(33)42(36-18-8-6-16-34(36)41)28-22-24-32-30-14-10-12-20-38(30)44(3,4)40(32)26-28/h1-42H;5-26H,1-4H3. The van der Waals surface area contributed by atoms with Gasteiger partial charge in [-0.3, -0.25) is 0 Å². The smallest absolute Gasteiger partial charge is 0.0159 e. The molecule has 22 rings (SSSR count). The van der Waals surface area contributed by atoms with Crippen LogP contribution in [0.3, 0.4) is 0 Å². The zero-order valence-electron chi connectivity index (χ0n) is 62.0. The van der Waals surface area contributed by atoms with Crippen molar-refractivity contribution in [3.63, 3.8) is 0 Å². The minimum Gasteiger partial charge on any atom is -0.0622 e. The molecule has 0 spiro atoms. The fourth-order valence-corrected chi connectivity index (χ4v) is 19.5. The Labute approximate surface area is 642 Å². The average molecular weight is 1400 g/mol. The maximum atomic E-state index is 2.48. The monoisotopic (exact) mass is 1400 g/mol. The number of hydrogen-bond acceptors (Lipinski definition) is 0. The summed E-state index contributed by atoms with van der Waals surface area (Å²) in [5.41, 5.74) is 31.1. The second kappa shape index (κ2) is 25.6. The van der Waals surface area contributed by atoms with E-state index in [4.69, 9.17) is 0 Å². The molecule has 0 unspecified atom stereocenters. The van der Waals surface area contributed by atoms with Crippen LogP contribution >= 0.6 is 0 Å². The van der Waals surface area contributed by atoms with E-state index in [1.54, 1.807) is 0 Å². The van der Waals surface area contributed by atoms with E-state index in [0.717, 1.165) is 0 Å². The molecular weight excluding hydrogens is 1320 g/mol. The fourth-order valence-electron chi connectivity index (χ4n) is 19.5. The summed E-state index contributed by atoms with van der Waals surface area (Å²) in [4.78, 5) is 0. The third kappa shape index (κ3) is 10.1. The van der Waals surface area contributed by atoms with E-state index < -0.39 is 0 Å². The van der Waals surface area contributed by atoms with E-state index in [1.165, 1.54) is 220 Å². The maximum absolute atomic E-state index is 2.48. The van der Waals surface area contributed by atoms with Crippen molar-refractivity contribution < 1.29 is 0 Å². The van der Waals surface area contributed by atoms with Crippen LogP contribution in [0, 0.1) is 0 Å². The Bertz CT molecular complexity index is 6620. The van der Waals surface area contributed by atoms with Gasteiger partial charge in [0.2, 0.25) is 0 Å². The summed E-state index contributed by atoms with van der Waals surface area (Å²) in [6, 6.07) is 144. The Morgan fingerprint density at radius 3 is 0.618 bits per heavy atom. The van der Waals surface area contributed by atoms with Crippen molar-refractivity contribution >= 4 is 86.2 Å². The van der Waals surface area contributed by atoms with Gasteiger partial charge in [-0.15, -0.1) is 0 Å². The molecule has 2 aliphatic rings. The molecule has 0 radical (unpaired) electrons. The van der Waals surface area contributed by atoms with Gasteiger partial charge in [0.1, 0.15) is 0 Å². The zero-order valence-corrected chi connectivity index (χ0v) is 62.0. The van der Waals surface area contributed by atoms with Gasteiger partial charge in [-0.1, -0.05) is 392 Å². The Kier molecular flexibility index (Phi) is 15.1. The topological polar surface area (TPSA) is 0 Å². The van der Waals surface area contributed by atoms with Crippen LogP contribution in [-0.2, 0) is 10.8 Å². The summed E-state index contributed by atoms with van der Waals surface area (Å²) in [6.45, 7) is 9.48. The van der Waals surface area contributed by atoms with Crippen LogP contribution in [0.25, 0.3) is 197 Å². The Morgan fingerprint density at radius 1 is 0.127 bits per heavy atom. The predicted molar refractivity (Wildman–Crippen MR) is 472 cm³/mol. The van der Waals surface area contributed by atoms with E-state index in [0.29, 0.717) is 0 Å². The maximum Gasteiger partial charge on any atom is 0.0159 e. The molecule has 516 valence electrons. The van der Waals surface area contributed by atoms with Crippen LogP contribution < -0.4 is 0 Å². The van der Waals surface area contributed by atoms with Crippen molar-refractivity contribution in [2.45, 2.75) is 38.5 Å². The third-order valence-corrected chi connectivity index (χ3v) is 24.5. The highest BCUT2D eigenvalue weighted by Gasteiger charge is 2.38. The van der Waals surface area contributed by atoms with E-state index in [2.05, 4.69) is 416 Å². The van der Waals surface area contributed by atoms with Gasteiger partial charge in [-0.2, -0.15) is 0 Å². The first kappa shape index (κ1) is 64.8. The lowest BCUT2D eigenvalue weighted by Crippen LogP contribution is -2.15. The number of hydrogen-bond donors (Lipinski definition) is 0. The van der Waals surface area contributed by atoms with Gasteiger partial charge in [0.15, 0.2) is 0 Å². The van der Waals surface area contributed by atoms with Crippen molar-refractivity contribution in [3.8, 4) is 111 Å². The van der Waals surface area contributed by atoms with Gasteiger partial charge in [0.05, 0.1) is 0 Å². The lowest BCUT2D eigenvalue weighted by Gasteiger charge is -2.24. The minimum atomic E-state index is -0.0394. The van der Waals surface area contributed by atoms with Gasteiger partial charge < -0.3 is 0 Å². The SMILES string of the molecule is CC1(C)c2ccccc2-c2ccc(-c3c4ccccc4c(-c4ccc5c(c4)C(C)(C)c4ccccc4-5)c4ccccc34)cc21.c1ccc(-c2c(-c3ccccc3)c3cc(-c4c5ccccc5c(-c5ccc6c(c5)c(-c5ccccc5)c(-c5ccccc5)c5ccccc56)c5ccccc45)ccc3c3ccccc23)cc1. The van der Waals surface area contributed by atoms with Crippen LogP contribution in [0.1, 0.15) is 49.9 Å². The Balaban J connectivity index is 0.000000151. The van der Waals surface area contributed by atoms with Gasteiger partial charge in [-0.25, -0.2) is 0 Å². The number of benzene rings is 20. The third-order valence-electron chi connectivity index (χ3n) is 24.5. The molecule has 20 aromatic rings. The molecule has 0 bridgehead atoms. The van der Waals surface area contributed by atoms with E-state index in [-0.39, 0.29) is 10.8 Å². The van der Waals surface area contributed by atoms with Crippen LogP contribution in [0.15, 0.2) is 388 Å². The molecule has 110 heavy (non-hydrogen) atoms. The Morgan fingerprint density at radius 2 is 0.327 bits per heavy atom. The van der Waals surface area contributed by atoms with Crippen molar-refractivity contribution in [2.24, 2.45) is 0 Å². The fraction of sp³-hybridized carbons (Fsp3) is 0.0545. The molecular formula is C110H76. The second-order valence-corrected chi connectivity index (χ2v) is 31.1. The first-order chi connectivity index (χ1) is 54.2. The molecule has 0 saturated carbocycles. The number of rotatable bonds is 8. The first-order valence-electron chi connectivity index (χ1n) is 38.7. The minimum absolute atomic E-state index is 0.0394. The number of fused-ring (bicyclic) bond motifs is 16. The Hall–Kier alpha value is -13.5. The predicted octanol–water partition coefficient (Wildman–Crippen LogP) is 30.5. The summed E-state index contributed by atoms with van der Waals surface area (Å²) < 4.78 is 0. The van der Waals surface area contributed by atoms with Crippen LogP contribution in [0.4, 0.5) is 0 Å². The van der Waals surface area contributed by atoms with Gasteiger partial charge in [-0.05, 0) is 244 Å². The summed E-state index contributed by atoms with van der Waals surface area (Å²) in [5.74, 6) is 0. The molecule has 0 aliphatic heterocycles. The summed E-state index contributed by atoms with van der Waals surface area (Å²) in [6.07, 6.45) is 0. The molecule has 0 saturated heterocycles. The normalized spacial score (nSPS) is 13.1. The molecule has 0 heteroatoms. The van der Waals surface area contributed by atoms with Crippen molar-refractivity contribution in [1.29, 1.82) is 0 Å². The lowest BCUT2D eigenvalue weighted by atomic mass is 9.79. The highest BCUT2D eigenvalue weighted by molar-refractivity contribution is 6.28. The molecule has 0 amide bonds. The van der Waals surface area contributed by atoms with Crippen LogP contribution in [-0.4, -0.2) is 0 Å². The quantitative estimate of drug-likeness (QED) is 0.105. The highest BCUT2D eigenvalue weighted by Crippen LogP contribution is 2.56. The van der Waals surface area contributed by atoms with Crippen molar-refractivity contribution in [2.75, 3.05) is 0 Å². The summed E-state index contributed by atoms with van der Waals surface area (Å²) >= 11 is 0. The van der Waals surface area contributed by atoms with E-state index >= 15 is 0 Å². The molecule has 0 atom stereocenters. The zero-order chi connectivity index (χ0) is 73.3. The molecule has 2 aliphatic carbocycles. The second-order valence-electron chi connectivity index (χ2n) is 31.1. The van der Waals surface area contributed by atoms with Gasteiger partial charge in [0, 0.05) is 10.8 Å². The molecule has 20 aromatic carbocycles. The summed E-state index contributed by atoms with van der Waals surface area (Å²) in [7, 11) is 0. The summed E-state index contributed by atoms with van der Waals surface area (Å²) in [5, 5.41) is 20.2. The van der Waals surface area contributed by atoms with Crippen molar-refractivity contribution in [1.82, 2.24) is 0 Å². The van der Waals surface area contributed by atoms with Gasteiger partial charge in [0.25, 0.3) is 0 Å². The average Bonchev–Trinajstić information content (AvgIpc) is 1.09.